The van der Waals surface area contributed by atoms with Crippen LogP contribution in [0.4, 0.5) is 0 Å². The fourth-order valence-corrected chi connectivity index (χ4v) is 8.41. The van der Waals surface area contributed by atoms with Crippen LogP contribution in [0.3, 0.4) is 0 Å². The molecule has 5 heteroatoms. The fourth-order valence-electron chi connectivity index (χ4n) is 8.41. The first-order chi connectivity index (χ1) is 31.1. The van der Waals surface area contributed by atoms with E-state index in [2.05, 4.69) is 50.3 Å². The average Bonchev–Trinajstić information content (AvgIpc) is 3.29. The third kappa shape index (κ3) is 52.6. The summed E-state index contributed by atoms with van der Waals surface area (Å²) in [7, 11) is 0. The first kappa shape index (κ1) is 61.1. The number of carbonyl (C=O) groups excluding carboxylic acids is 2. The molecule has 0 aliphatic heterocycles. The van der Waals surface area contributed by atoms with E-state index in [-0.39, 0.29) is 25.2 Å². The molecule has 370 valence electrons. The quantitative estimate of drug-likeness (QED) is 0.0374. The normalized spacial score (nSPS) is 12.4. The van der Waals surface area contributed by atoms with Gasteiger partial charge in [0.1, 0.15) is 6.61 Å². The van der Waals surface area contributed by atoms with Gasteiger partial charge in [0.2, 0.25) is 0 Å². The molecule has 63 heavy (non-hydrogen) atoms. The fraction of sp³-hybridized carbons (Fsp3) is 0.862. The van der Waals surface area contributed by atoms with Crippen LogP contribution in [-0.2, 0) is 19.1 Å². The van der Waals surface area contributed by atoms with E-state index in [1.807, 2.05) is 0 Å². The maximum Gasteiger partial charge on any atom is 0.306 e. The molecule has 5 nitrogen and oxygen atoms in total. The van der Waals surface area contributed by atoms with Gasteiger partial charge in [0.25, 0.3) is 0 Å². The number of aliphatic hydroxyl groups excluding tert-OH is 1. The number of esters is 2. The number of rotatable bonds is 52. The largest absolute Gasteiger partial charge is 0.462 e. The van der Waals surface area contributed by atoms with Crippen LogP contribution in [0.2, 0.25) is 0 Å². The zero-order chi connectivity index (χ0) is 45.6. The highest BCUT2D eigenvalue weighted by molar-refractivity contribution is 5.70. The molecule has 0 amide bonds. The van der Waals surface area contributed by atoms with Crippen molar-refractivity contribution in [3.8, 4) is 0 Å². The van der Waals surface area contributed by atoms with Gasteiger partial charge in [-0.05, 0) is 70.6 Å². The second-order valence-electron chi connectivity index (χ2n) is 19.0. The highest BCUT2D eigenvalue weighted by atomic mass is 16.6. The van der Waals surface area contributed by atoms with Gasteiger partial charge in [-0.25, -0.2) is 0 Å². The van der Waals surface area contributed by atoms with E-state index in [1.165, 1.54) is 225 Å². The van der Waals surface area contributed by atoms with E-state index >= 15 is 0 Å². The number of hydrogen-bond acceptors (Lipinski definition) is 5. The van der Waals surface area contributed by atoms with Crippen LogP contribution in [0.25, 0.3) is 0 Å². The minimum absolute atomic E-state index is 0.0653. The summed E-state index contributed by atoms with van der Waals surface area (Å²) in [5, 5.41) is 9.63. The molecule has 0 aliphatic carbocycles. The first-order valence-corrected chi connectivity index (χ1v) is 28.0. The van der Waals surface area contributed by atoms with Gasteiger partial charge in [-0.2, -0.15) is 0 Å². The predicted molar refractivity (Wildman–Crippen MR) is 274 cm³/mol. The molecule has 0 radical (unpaired) electrons. The molecule has 1 atom stereocenters. The maximum atomic E-state index is 12.3. The molecule has 0 aromatic rings. The lowest BCUT2D eigenvalue weighted by atomic mass is 10.0. The summed E-state index contributed by atoms with van der Waals surface area (Å²) in [5.41, 5.74) is 0. The number of aliphatic hydroxyl groups is 1. The standard InChI is InChI=1S/C58H108O5/c1-3-5-7-9-11-13-15-17-19-21-23-24-25-26-27-28-29-30-31-32-33-34-35-37-38-40-42-44-46-48-50-52-57(60)62-55-56(54-59)63-58(61)53-51-49-47-45-43-41-39-36-22-20-18-16-14-12-10-8-6-4-2/h14,16,20-23,56,59H,3-13,15,17-19,24-55H2,1-2H3/b16-14-,22-20-,23-21-. The zero-order valence-electron chi connectivity index (χ0n) is 42.4. The van der Waals surface area contributed by atoms with Crippen molar-refractivity contribution < 1.29 is 24.2 Å². The lowest BCUT2D eigenvalue weighted by Gasteiger charge is -2.15. The van der Waals surface area contributed by atoms with Crippen LogP contribution < -0.4 is 0 Å². The Morgan fingerprint density at radius 3 is 0.968 bits per heavy atom. The van der Waals surface area contributed by atoms with Crippen molar-refractivity contribution in [3.63, 3.8) is 0 Å². The van der Waals surface area contributed by atoms with Crippen molar-refractivity contribution >= 4 is 11.9 Å². The lowest BCUT2D eigenvalue weighted by Crippen LogP contribution is -2.28. The summed E-state index contributed by atoms with van der Waals surface area (Å²) in [6.07, 6.45) is 69.8. The zero-order valence-corrected chi connectivity index (χ0v) is 42.4. The van der Waals surface area contributed by atoms with Gasteiger partial charge in [-0.3, -0.25) is 9.59 Å². The Bertz CT molecular complexity index is 1000. The van der Waals surface area contributed by atoms with Crippen molar-refractivity contribution in [2.24, 2.45) is 0 Å². The molecule has 0 fully saturated rings. The van der Waals surface area contributed by atoms with E-state index in [4.69, 9.17) is 9.47 Å². The Morgan fingerprint density at radius 1 is 0.365 bits per heavy atom. The van der Waals surface area contributed by atoms with Crippen LogP contribution in [-0.4, -0.2) is 36.4 Å². The van der Waals surface area contributed by atoms with Gasteiger partial charge in [-0.1, -0.05) is 256 Å². The summed E-state index contributed by atoms with van der Waals surface area (Å²) in [4.78, 5) is 24.5. The minimum Gasteiger partial charge on any atom is -0.462 e. The topological polar surface area (TPSA) is 72.8 Å². The van der Waals surface area contributed by atoms with E-state index in [0.717, 1.165) is 51.4 Å². The second kappa shape index (κ2) is 54.5. The molecule has 0 aliphatic rings. The van der Waals surface area contributed by atoms with E-state index in [0.29, 0.717) is 12.8 Å². The molecule has 0 saturated carbocycles. The van der Waals surface area contributed by atoms with Crippen LogP contribution >= 0.6 is 0 Å². The summed E-state index contributed by atoms with van der Waals surface area (Å²) < 4.78 is 10.7. The predicted octanol–water partition coefficient (Wildman–Crippen LogP) is 18.7. The van der Waals surface area contributed by atoms with Crippen molar-refractivity contribution in [1.82, 2.24) is 0 Å². The lowest BCUT2D eigenvalue weighted by molar-refractivity contribution is -0.161. The Hall–Kier alpha value is -1.88. The summed E-state index contributed by atoms with van der Waals surface area (Å²) in [6, 6.07) is 0. The molecule has 0 saturated heterocycles. The van der Waals surface area contributed by atoms with Gasteiger partial charge < -0.3 is 14.6 Å². The molecule has 0 aromatic carbocycles. The third-order valence-electron chi connectivity index (χ3n) is 12.7. The van der Waals surface area contributed by atoms with E-state index in [1.54, 1.807) is 0 Å². The maximum absolute atomic E-state index is 12.3. The molecule has 0 aromatic heterocycles. The highest BCUT2D eigenvalue weighted by Gasteiger charge is 2.16. The minimum atomic E-state index is -0.774. The first-order valence-electron chi connectivity index (χ1n) is 28.0. The summed E-state index contributed by atoms with van der Waals surface area (Å²) >= 11 is 0. The monoisotopic (exact) mass is 885 g/mol. The van der Waals surface area contributed by atoms with Gasteiger partial charge in [0.15, 0.2) is 6.10 Å². The molecule has 0 rings (SSSR count). The molecule has 1 unspecified atom stereocenters. The number of ether oxygens (including phenoxy) is 2. The number of hydrogen-bond donors (Lipinski definition) is 1. The van der Waals surface area contributed by atoms with Crippen LogP contribution in [0.1, 0.15) is 303 Å². The molecule has 0 spiro atoms. The summed E-state index contributed by atoms with van der Waals surface area (Å²) in [5.74, 6) is -0.585. The van der Waals surface area contributed by atoms with Crippen molar-refractivity contribution in [2.45, 2.75) is 309 Å². The van der Waals surface area contributed by atoms with E-state index < -0.39 is 6.10 Å². The molecule has 1 N–H and O–H groups in total. The Labute approximate surface area is 393 Å². The van der Waals surface area contributed by atoms with Gasteiger partial charge >= 0.3 is 11.9 Å². The number of allylic oxidation sites excluding steroid dienone is 6. The average molecular weight is 885 g/mol. The van der Waals surface area contributed by atoms with Gasteiger partial charge in [0, 0.05) is 12.8 Å². The Morgan fingerprint density at radius 2 is 0.635 bits per heavy atom. The SMILES string of the molecule is CCCCCC/C=C\C/C=C\CCCCCCCCCC(=O)OC(CO)COC(=O)CCCCCCCCCCCCCCCCCCCCC/C=C\CCCCCCCCCC. The number of unbranched alkanes of at least 4 members (excludes halogenated alkanes) is 38. The molecule has 0 heterocycles. The highest BCUT2D eigenvalue weighted by Crippen LogP contribution is 2.17. The Balaban J connectivity index is 3.42. The van der Waals surface area contributed by atoms with Crippen LogP contribution in [0.5, 0.6) is 0 Å². The Kier molecular flexibility index (Phi) is 52.8. The van der Waals surface area contributed by atoms with E-state index in [9.17, 15) is 14.7 Å². The third-order valence-corrected chi connectivity index (χ3v) is 12.7. The smallest absolute Gasteiger partial charge is 0.306 e. The summed E-state index contributed by atoms with van der Waals surface area (Å²) in [6.45, 7) is 4.15. The van der Waals surface area contributed by atoms with Crippen LogP contribution in [0.15, 0.2) is 36.5 Å². The van der Waals surface area contributed by atoms with Crippen LogP contribution in [0, 0.1) is 0 Å². The van der Waals surface area contributed by atoms with Gasteiger partial charge in [-0.15, -0.1) is 0 Å². The second-order valence-corrected chi connectivity index (χ2v) is 19.0. The van der Waals surface area contributed by atoms with Crippen molar-refractivity contribution in [3.05, 3.63) is 36.5 Å². The molecule has 0 bridgehead atoms. The van der Waals surface area contributed by atoms with Gasteiger partial charge in [0.05, 0.1) is 6.61 Å². The molecular formula is C58H108O5. The number of carbonyl (C=O) groups is 2. The molecular weight excluding hydrogens is 777 g/mol. The van der Waals surface area contributed by atoms with Crippen molar-refractivity contribution in [1.29, 1.82) is 0 Å². The van der Waals surface area contributed by atoms with Crippen molar-refractivity contribution in [2.75, 3.05) is 13.2 Å².